The first-order valence-electron chi connectivity index (χ1n) is 7.37. The van der Waals surface area contributed by atoms with Crippen molar-refractivity contribution in [3.63, 3.8) is 0 Å². The molecule has 0 aromatic rings. The van der Waals surface area contributed by atoms with Gasteiger partial charge in [0.25, 0.3) is 7.41 Å². The summed E-state index contributed by atoms with van der Waals surface area (Å²) in [6.45, 7) is 8.07. The average molecular weight is 327 g/mol. The van der Waals surface area contributed by atoms with E-state index in [0.29, 0.717) is 16.7 Å². The van der Waals surface area contributed by atoms with Crippen LogP contribution in [0.2, 0.25) is 5.82 Å². The fraction of sp³-hybridized carbons (Fsp3) is 0.786. The summed E-state index contributed by atoms with van der Waals surface area (Å²) in [5, 5.41) is 8.72. The fourth-order valence-corrected chi connectivity index (χ4v) is 3.95. The second kappa shape index (κ2) is 8.88. The van der Waals surface area contributed by atoms with Crippen molar-refractivity contribution in [2.75, 3.05) is 5.75 Å². The Balaban J connectivity index is 2.29. The Hall–Kier alpha value is -0.425. The summed E-state index contributed by atoms with van der Waals surface area (Å²) in [5.41, 5.74) is 0. The van der Waals surface area contributed by atoms with Crippen LogP contribution in [0.25, 0.3) is 0 Å². The molecule has 117 valence electrons. The van der Waals surface area contributed by atoms with Crippen LogP contribution in [0.3, 0.4) is 0 Å². The first kappa shape index (κ1) is 18.6. The molecule has 1 rings (SSSR count). The molecule has 1 heterocycles. The number of thioether (sulfide) groups is 2. The molecular formula is C14H24BN2O2S2. The van der Waals surface area contributed by atoms with Gasteiger partial charge in [0.1, 0.15) is 0 Å². The highest BCUT2D eigenvalue weighted by atomic mass is 32.2. The third-order valence-electron chi connectivity index (χ3n) is 2.83. The number of rotatable bonds is 8. The highest BCUT2D eigenvalue weighted by molar-refractivity contribution is 8.14. The number of nitrogens with zero attached hydrogens (tertiary/aromatic N) is 1. The number of hydrogen-bond donors (Lipinski definition) is 1. The molecule has 0 bridgehead atoms. The van der Waals surface area contributed by atoms with E-state index < -0.39 is 0 Å². The van der Waals surface area contributed by atoms with Gasteiger partial charge in [-0.3, -0.25) is 15.0 Å². The second-order valence-electron chi connectivity index (χ2n) is 5.75. The molecule has 0 aromatic carbocycles. The first-order chi connectivity index (χ1) is 9.81. The molecule has 1 radical (unpaired) electrons. The lowest BCUT2D eigenvalue weighted by molar-refractivity contribution is -0.132. The highest BCUT2D eigenvalue weighted by Crippen LogP contribution is 2.27. The average Bonchev–Trinajstić information content (AvgIpc) is 2.61. The van der Waals surface area contributed by atoms with E-state index in [4.69, 9.17) is 5.41 Å². The molecule has 1 aliphatic heterocycles. The van der Waals surface area contributed by atoms with Crippen LogP contribution in [0, 0.1) is 5.41 Å². The van der Waals surface area contributed by atoms with Crippen molar-refractivity contribution in [1.29, 1.82) is 5.41 Å². The van der Waals surface area contributed by atoms with E-state index in [-0.39, 0.29) is 22.9 Å². The van der Waals surface area contributed by atoms with Gasteiger partial charge < -0.3 is 4.81 Å². The fourth-order valence-electron chi connectivity index (χ4n) is 2.01. The van der Waals surface area contributed by atoms with Crippen molar-refractivity contribution in [2.45, 2.75) is 63.3 Å². The Bertz CT molecular complexity index is 402. The Labute approximate surface area is 137 Å². The van der Waals surface area contributed by atoms with Crippen LogP contribution >= 0.6 is 23.5 Å². The van der Waals surface area contributed by atoms with Gasteiger partial charge in [0, 0.05) is 11.7 Å². The Morgan fingerprint density at radius 3 is 2.62 bits per heavy atom. The maximum Gasteiger partial charge on any atom is 0.263 e. The molecule has 0 saturated carbocycles. The zero-order chi connectivity index (χ0) is 16.0. The molecule has 1 unspecified atom stereocenters. The first-order valence-corrected chi connectivity index (χ1v) is 9.30. The molecule has 1 fully saturated rings. The molecular weight excluding hydrogens is 303 g/mol. The summed E-state index contributed by atoms with van der Waals surface area (Å²) in [6, 6.07) is 0. The monoisotopic (exact) mass is 327 g/mol. The standard InChI is InChI=1S/C14H24BN2O2S2/c1-9(2)15-17-13(18)8-11(14(17)19)20-7-5-6-12(16)21-10(3)4/h9-11,16H,5-8H2,1-4H3. The Morgan fingerprint density at radius 2 is 2.05 bits per heavy atom. The summed E-state index contributed by atoms with van der Waals surface area (Å²) in [7, 11) is 1.71. The SMILES string of the molecule is CC(C)[B]N1C(=O)CC(SCCCC(=N)SC(C)C)C1=O. The molecule has 0 aromatic heterocycles. The number of nitrogens with one attached hydrogen (secondary N) is 1. The van der Waals surface area contributed by atoms with Crippen LogP contribution in [-0.4, -0.2) is 45.3 Å². The quantitative estimate of drug-likeness (QED) is 0.244. The van der Waals surface area contributed by atoms with E-state index in [2.05, 4.69) is 13.8 Å². The van der Waals surface area contributed by atoms with E-state index in [0.717, 1.165) is 18.6 Å². The minimum Gasteiger partial charge on any atom is -0.333 e. The highest BCUT2D eigenvalue weighted by Gasteiger charge is 2.38. The molecule has 1 N–H and O–H groups in total. The minimum atomic E-state index is -0.237. The number of carbonyl (C=O) groups excluding carboxylic acids is 2. The van der Waals surface area contributed by atoms with E-state index in [1.807, 2.05) is 13.8 Å². The van der Waals surface area contributed by atoms with E-state index in [1.54, 1.807) is 30.9 Å². The van der Waals surface area contributed by atoms with Crippen molar-refractivity contribution in [1.82, 2.24) is 4.81 Å². The molecule has 7 heteroatoms. The number of hydrogen-bond acceptors (Lipinski definition) is 5. The molecule has 4 nitrogen and oxygen atoms in total. The summed E-state index contributed by atoms with van der Waals surface area (Å²) < 4.78 is 0. The van der Waals surface area contributed by atoms with Gasteiger partial charge in [-0.05, 0) is 18.6 Å². The third kappa shape index (κ3) is 6.47. The molecule has 2 amide bonds. The zero-order valence-electron chi connectivity index (χ0n) is 13.2. The Morgan fingerprint density at radius 1 is 1.38 bits per heavy atom. The van der Waals surface area contributed by atoms with E-state index in [1.165, 1.54) is 4.81 Å². The molecule has 1 atom stereocenters. The topological polar surface area (TPSA) is 61.2 Å². The zero-order valence-corrected chi connectivity index (χ0v) is 14.9. The number of amides is 2. The van der Waals surface area contributed by atoms with Crippen LogP contribution in [0.15, 0.2) is 0 Å². The molecule has 0 aliphatic carbocycles. The van der Waals surface area contributed by atoms with E-state index in [9.17, 15) is 9.59 Å². The summed E-state index contributed by atoms with van der Waals surface area (Å²) in [5.74, 6) is 0.843. The summed E-state index contributed by atoms with van der Waals surface area (Å²) >= 11 is 3.13. The van der Waals surface area contributed by atoms with Crippen molar-refractivity contribution in [3.8, 4) is 0 Å². The number of carbonyl (C=O) groups is 2. The van der Waals surface area contributed by atoms with Gasteiger partial charge in [-0.1, -0.05) is 33.5 Å². The molecule has 21 heavy (non-hydrogen) atoms. The van der Waals surface area contributed by atoms with Gasteiger partial charge in [0.05, 0.1) is 10.3 Å². The second-order valence-corrected chi connectivity index (χ2v) is 8.73. The lowest BCUT2D eigenvalue weighted by Gasteiger charge is -2.15. The largest absolute Gasteiger partial charge is 0.333 e. The maximum atomic E-state index is 12.1. The molecule has 1 aliphatic rings. The smallest absolute Gasteiger partial charge is 0.263 e. The van der Waals surface area contributed by atoms with Crippen molar-refractivity contribution >= 4 is 47.8 Å². The molecule has 1 saturated heterocycles. The normalized spacial score (nSPS) is 19.0. The van der Waals surface area contributed by atoms with Crippen LogP contribution in [0.5, 0.6) is 0 Å². The van der Waals surface area contributed by atoms with Gasteiger partial charge >= 0.3 is 0 Å². The van der Waals surface area contributed by atoms with Gasteiger partial charge in [-0.25, -0.2) is 0 Å². The third-order valence-corrected chi connectivity index (χ3v) is 5.09. The van der Waals surface area contributed by atoms with Gasteiger partial charge in [0.15, 0.2) is 0 Å². The van der Waals surface area contributed by atoms with Gasteiger partial charge in [-0.2, -0.15) is 0 Å². The lowest BCUT2D eigenvalue weighted by atomic mass is 9.76. The molecule has 0 spiro atoms. The van der Waals surface area contributed by atoms with Crippen LogP contribution in [-0.2, 0) is 9.59 Å². The van der Waals surface area contributed by atoms with Crippen LogP contribution in [0.4, 0.5) is 0 Å². The Kier molecular flexibility index (Phi) is 7.88. The van der Waals surface area contributed by atoms with Crippen molar-refractivity contribution < 1.29 is 9.59 Å². The summed E-state index contributed by atoms with van der Waals surface area (Å²) in [6.07, 6.45) is 1.95. The van der Waals surface area contributed by atoms with Crippen molar-refractivity contribution in [2.24, 2.45) is 0 Å². The van der Waals surface area contributed by atoms with Crippen LogP contribution in [0.1, 0.15) is 47.0 Å². The van der Waals surface area contributed by atoms with Crippen molar-refractivity contribution in [3.05, 3.63) is 0 Å². The van der Waals surface area contributed by atoms with E-state index >= 15 is 0 Å². The predicted molar refractivity (Wildman–Crippen MR) is 93.3 cm³/mol. The lowest BCUT2D eigenvalue weighted by Crippen LogP contribution is -2.36. The number of imide groups is 1. The van der Waals surface area contributed by atoms with Crippen LogP contribution < -0.4 is 0 Å². The minimum absolute atomic E-state index is 0.0784. The predicted octanol–water partition coefficient (Wildman–Crippen LogP) is 3.19. The van der Waals surface area contributed by atoms with Gasteiger partial charge in [-0.15, -0.1) is 23.5 Å². The maximum absolute atomic E-state index is 12.1. The summed E-state index contributed by atoms with van der Waals surface area (Å²) in [4.78, 5) is 25.2. The van der Waals surface area contributed by atoms with Gasteiger partial charge in [0.2, 0.25) is 11.8 Å².